The highest BCUT2D eigenvalue weighted by Crippen LogP contribution is 2.14. The average molecular weight is 415 g/mol. The van der Waals surface area contributed by atoms with E-state index in [0.717, 1.165) is 38.7 Å². The van der Waals surface area contributed by atoms with E-state index in [1.807, 2.05) is 6.92 Å². The smallest absolute Gasteiger partial charge is 0.308 e. The molecule has 0 rings (SSSR count). The monoisotopic (exact) mass is 414 g/mol. The van der Waals surface area contributed by atoms with Gasteiger partial charge in [0.15, 0.2) is 0 Å². The summed E-state index contributed by atoms with van der Waals surface area (Å²) in [5.74, 6) is -0.0265. The molecule has 0 bridgehead atoms. The van der Waals surface area contributed by atoms with E-state index in [-0.39, 0.29) is 11.9 Å². The van der Waals surface area contributed by atoms with Crippen LogP contribution in [0.4, 0.5) is 0 Å². The zero-order valence-corrected chi connectivity index (χ0v) is 19.9. The lowest BCUT2D eigenvalue weighted by atomic mass is 10.00. The standard InChI is InChI=1S/C25H50O4/c1-4-7-9-10-11-12-13-14-15-16-17-19-27-20-21-28-22-23-29-25(26)24(6-3)18-8-5-2/h24H,4-23H2,1-3H3. The first kappa shape index (κ1) is 28.4. The topological polar surface area (TPSA) is 44.8 Å². The minimum Gasteiger partial charge on any atom is -0.463 e. The van der Waals surface area contributed by atoms with Gasteiger partial charge in [0.05, 0.1) is 25.7 Å². The summed E-state index contributed by atoms with van der Waals surface area (Å²) < 4.78 is 16.4. The molecule has 4 nitrogen and oxygen atoms in total. The third kappa shape index (κ3) is 20.4. The summed E-state index contributed by atoms with van der Waals surface area (Å²) in [6, 6.07) is 0. The fourth-order valence-electron chi connectivity index (χ4n) is 3.45. The Morgan fingerprint density at radius 2 is 1.07 bits per heavy atom. The van der Waals surface area contributed by atoms with Crippen LogP contribution >= 0.6 is 0 Å². The second-order valence-corrected chi connectivity index (χ2v) is 8.18. The number of rotatable bonds is 23. The van der Waals surface area contributed by atoms with Crippen molar-refractivity contribution in [2.24, 2.45) is 5.92 Å². The van der Waals surface area contributed by atoms with Crippen LogP contribution in [0.25, 0.3) is 0 Å². The second kappa shape index (κ2) is 23.7. The summed E-state index contributed by atoms with van der Waals surface area (Å²) in [6.07, 6.45) is 18.9. The highest BCUT2D eigenvalue weighted by molar-refractivity contribution is 5.72. The Morgan fingerprint density at radius 1 is 0.586 bits per heavy atom. The molecule has 0 aliphatic rings. The molecule has 0 aliphatic heterocycles. The summed E-state index contributed by atoms with van der Waals surface area (Å²) in [6.45, 7) is 9.29. The van der Waals surface area contributed by atoms with E-state index in [1.165, 1.54) is 64.2 Å². The molecule has 1 atom stereocenters. The van der Waals surface area contributed by atoms with Crippen molar-refractivity contribution in [2.45, 2.75) is 117 Å². The van der Waals surface area contributed by atoms with E-state index in [2.05, 4.69) is 13.8 Å². The number of esters is 1. The summed E-state index contributed by atoms with van der Waals surface area (Å²) in [5, 5.41) is 0. The molecule has 29 heavy (non-hydrogen) atoms. The third-order valence-corrected chi connectivity index (χ3v) is 5.47. The number of ether oxygens (including phenoxy) is 3. The minimum atomic E-state index is -0.0720. The summed E-state index contributed by atoms with van der Waals surface area (Å²) in [4.78, 5) is 11.9. The molecule has 0 aromatic rings. The van der Waals surface area contributed by atoms with Crippen molar-refractivity contribution < 1.29 is 19.0 Å². The van der Waals surface area contributed by atoms with Crippen molar-refractivity contribution in [2.75, 3.05) is 33.0 Å². The molecule has 0 spiro atoms. The molecule has 1 unspecified atom stereocenters. The van der Waals surface area contributed by atoms with Crippen LogP contribution in [0.5, 0.6) is 0 Å². The molecule has 0 fully saturated rings. The lowest BCUT2D eigenvalue weighted by Crippen LogP contribution is -2.20. The highest BCUT2D eigenvalue weighted by atomic mass is 16.6. The van der Waals surface area contributed by atoms with Gasteiger partial charge in [0.25, 0.3) is 0 Å². The predicted molar refractivity (Wildman–Crippen MR) is 122 cm³/mol. The van der Waals surface area contributed by atoms with Crippen molar-refractivity contribution >= 4 is 5.97 Å². The van der Waals surface area contributed by atoms with Crippen molar-refractivity contribution in [1.29, 1.82) is 0 Å². The van der Waals surface area contributed by atoms with E-state index in [9.17, 15) is 4.79 Å². The molecule has 0 N–H and O–H groups in total. The number of hydrogen-bond acceptors (Lipinski definition) is 4. The minimum absolute atomic E-state index is 0.0454. The van der Waals surface area contributed by atoms with E-state index < -0.39 is 0 Å². The van der Waals surface area contributed by atoms with Gasteiger partial charge in [-0.25, -0.2) is 0 Å². The first-order valence-corrected chi connectivity index (χ1v) is 12.6. The first-order chi connectivity index (χ1) is 14.3. The molecule has 0 aromatic carbocycles. The Labute approximate surface area is 181 Å². The highest BCUT2D eigenvalue weighted by Gasteiger charge is 2.16. The number of carbonyl (C=O) groups is 1. The Bertz CT molecular complexity index is 333. The van der Waals surface area contributed by atoms with Crippen LogP contribution in [0.15, 0.2) is 0 Å². The van der Waals surface area contributed by atoms with Gasteiger partial charge >= 0.3 is 5.97 Å². The Kier molecular flexibility index (Phi) is 23.2. The van der Waals surface area contributed by atoms with Gasteiger partial charge in [-0.05, 0) is 19.3 Å². The zero-order chi connectivity index (χ0) is 21.4. The molecule has 0 aromatic heterocycles. The maximum absolute atomic E-state index is 11.9. The third-order valence-electron chi connectivity index (χ3n) is 5.47. The maximum Gasteiger partial charge on any atom is 0.308 e. The average Bonchev–Trinajstić information content (AvgIpc) is 2.73. The Morgan fingerprint density at radius 3 is 1.62 bits per heavy atom. The molecule has 4 heteroatoms. The molecule has 0 aliphatic carbocycles. The van der Waals surface area contributed by atoms with Gasteiger partial charge in [-0.15, -0.1) is 0 Å². The second-order valence-electron chi connectivity index (χ2n) is 8.18. The van der Waals surface area contributed by atoms with Crippen LogP contribution in [0.2, 0.25) is 0 Å². The van der Waals surface area contributed by atoms with Crippen LogP contribution in [0.3, 0.4) is 0 Å². The lowest BCUT2D eigenvalue weighted by molar-refractivity contribution is -0.150. The van der Waals surface area contributed by atoms with Crippen LogP contribution in [-0.2, 0) is 19.0 Å². The van der Waals surface area contributed by atoms with Crippen LogP contribution in [-0.4, -0.2) is 39.0 Å². The summed E-state index contributed by atoms with van der Waals surface area (Å²) >= 11 is 0. The molecule has 0 amide bonds. The molecular weight excluding hydrogens is 364 g/mol. The van der Waals surface area contributed by atoms with Gasteiger partial charge in [0, 0.05) is 6.61 Å². The Balaban J connectivity index is 3.23. The number of hydrogen-bond donors (Lipinski definition) is 0. The van der Waals surface area contributed by atoms with Gasteiger partial charge in [0.2, 0.25) is 0 Å². The largest absolute Gasteiger partial charge is 0.463 e. The molecule has 0 saturated heterocycles. The van der Waals surface area contributed by atoms with E-state index in [1.54, 1.807) is 0 Å². The lowest BCUT2D eigenvalue weighted by Gasteiger charge is -2.13. The molecule has 174 valence electrons. The van der Waals surface area contributed by atoms with Crippen molar-refractivity contribution in [3.05, 3.63) is 0 Å². The molecular formula is C25H50O4. The normalized spacial score (nSPS) is 12.2. The molecule has 0 heterocycles. The fourth-order valence-corrected chi connectivity index (χ4v) is 3.45. The van der Waals surface area contributed by atoms with E-state index >= 15 is 0 Å². The van der Waals surface area contributed by atoms with Crippen LogP contribution < -0.4 is 0 Å². The van der Waals surface area contributed by atoms with Gasteiger partial charge in [-0.3, -0.25) is 4.79 Å². The van der Waals surface area contributed by atoms with Crippen LogP contribution in [0.1, 0.15) is 117 Å². The van der Waals surface area contributed by atoms with Gasteiger partial charge in [-0.1, -0.05) is 97.8 Å². The summed E-state index contributed by atoms with van der Waals surface area (Å²) in [5.41, 5.74) is 0. The summed E-state index contributed by atoms with van der Waals surface area (Å²) in [7, 11) is 0. The number of unbranched alkanes of at least 4 members (excludes halogenated alkanes) is 11. The Hall–Kier alpha value is -0.610. The van der Waals surface area contributed by atoms with Crippen molar-refractivity contribution in [3.63, 3.8) is 0 Å². The predicted octanol–water partition coefficient (Wildman–Crippen LogP) is 7.09. The molecule has 0 radical (unpaired) electrons. The van der Waals surface area contributed by atoms with E-state index in [0.29, 0.717) is 26.4 Å². The fraction of sp³-hybridized carbons (Fsp3) is 0.960. The molecule has 0 saturated carbocycles. The zero-order valence-electron chi connectivity index (χ0n) is 19.9. The van der Waals surface area contributed by atoms with Gasteiger partial charge < -0.3 is 14.2 Å². The SMILES string of the molecule is CCCCCCCCCCCCCOCCOCCOC(=O)C(CC)CCCC. The first-order valence-electron chi connectivity index (χ1n) is 12.6. The number of carbonyl (C=O) groups excluding carboxylic acids is 1. The van der Waals surface area contributed by atoms with Crippen molar-refractivity contribution in [3.8, 4) is 0 Å². The van der Waals surface area contributed by atoms with Crippen molar-refractivity contribution in [1.82, 2.24) is 0 Å². The van der Waals surface area contributed by atoms with Gasteiger partial charge in [0.1, 0.15) is 6.61 Å². The van der Waals surface area contributed by atoms with E-state index in [4.69, 9.17) is 14.2 Å². The quantitative estimate of drug-likeness (QED) is 0.132. The maximum atomic E-state index is 11.9. The van der Waals surface area contributed by atoms with Crippen LogP contribution in [0, 0.1) is 5.92 Å². The van der Waals surface area contributed by atoms with Gasteiger partial charge in [-0.2, -0.15) is 0 Å².